The summed E-state index contributed by atoms with van der Waals surface area (Å²) >= 11 is 0. The molecular weight excluding hydrogens is 300 g/mol. The SMILES string of the molecule is Cn1ccnc1C1CNCCN1C(=O)c1ccc([N+](=O)[O-])n1C. The zero-order chi connectivity index (χ0) is 16.6. The molecule has 0 saturated carbocycles. The average molecular weight is 318 g/mol. The van der Waals surface area contributed by atoms with Crippen LogP contribution >= 0.6 is 0 Å². The highest BCUT2D eigenvalue weighted by atomic mass is 16.6. The smallest absolute Gasteiger partial charge is 0.323 e. The Morgan fingerprint density at radius 1 is 1.43 bits per heavy atom. The molecule has 3 heterocycles. The van der Waals surface area contributed by atoms with Gasteiger partial charge in [0.15, 0.2) is 5.69 Å². The van der Waals surface area contributed by atoms with Gasteiger partial charge in [0.2, 0.25) is 0 Å². The van der Waals surface area contributed by atoms with E-state index in [1.165, 1.54) is 23.7 Å². The Bertz CT molecular complexity index is 750. The van der Waals surface area contributed by atoms with E-state index in [4.69, 9.17) is 0 Å². The molecule has 0 spiro atoms. The van der Waals surface area contributed by atoms with Crippen LogP contribution in [0.3, 0.4) is 0 Å². The molecule has 9 heteroatoms. The summed E-state index contributed by atoms with van der Waals surface area (Å²) in [6, 6.07) is 2.65. The van der Waals surface area contributed by atoms with E-state index >= 15 is 0 Å². The molecule has 0 radical (unpaired) electrons. The molecular formula is C14H18N6O3. The molecule has 0 aromatic carbocycles. The van der Waals surface area contributed by atoms with Gasteiger partial charge >= 0.3 is 5.82 Å². The van der Waals surface area contributed by atoms with Crippen molar-refractivity contribution in [3.05, 3.63) is 46.2 Å². The van der Waals surface area contributed by atoms with Gasteiger partial charge in [-0.2, -0.15) is 0 Å². The van der Waals surface area contributed by atoms with Gasteiger partial charge < -0.3 is 24.9 Å². The van der Waals surface area contributed by atoms with Crippen LogP contribution in [0.15, 0.2) is 24.5 Å². The number of aryl methyl sites for hydroxylation is 1. The monoisotopic (exact) mass is 318 g/mol. The van der Waals surface area contributed by atoms with Gasteiger partial charge in [0.25, 0.3) is 5.91 Å². The summed E-state index contributed by atoms with van der Waals surface area (Å²) < 4.78 is 3.20. The Balaban J connectivity index is 1.93. The van der Waals surface area contributed by atoms with Crippen LogP contribution in [0, 0.1) is 10.1 Å². The van der Waals surface area contributed by atoms with Crippen LogP contribution in [0.4, 0.5) is 5.82 Å². The van der Waals surface area contributed by atoms with Gasteiger partial charge in [0, 0.05) is 45.1 Å². The topological polar surface area (TPSA) is 98.2 Å². The van der Waals surface area contributed by atoms with Gasteiger partial charge in [-0.1, -0.05) is 0 Å². The molecule has 1 aliphatic rings. The third-order valence-corrected chi connectivity index (χ3v) is 4.16. The zero-order valence-corrected chi connectivity index (χ0v) is 13.0. The number of carbonyl (C=O) groups excluding carboxylic acids is 1. The number of amides is 1. The van der Waals surface area contributed by atoms with Gasteiger partial charge in [0.1, 0.15) is 11.9 Å². The number of hydrogen-bond donors (Lipinski definition) is 1. The summed E-state index contributed by atoms with van der Waals surface area (Å²) in [5.41, 5.74) is 0.304. The van der Waals surface area contributed by atoms with E-state index in [9.17, 15) is 14.9 Å². The van der Waals surface area contributed by atoms with Gasteiger partial charge in [-0.05, 0) is 11.0 Å². The highest BCUT2D eigenvalue weighted by Gasteiger charge is 2.34. The van der Waals surface area contributed by atoms with E-state index in [0.29, 0.717) is 25.3 Å². The van der Waals surface area contributed by atoms with Gasteiger partial charge in [-0.25, -0.2) is 9.55 Å². The largest absolute Gasteiger partial charge is 0.358 e. The molecule has 1 fully saturated rings. The molecule has 0 bridgehead atoms. The molecule has 2 aromatic heterocycles. The van der Waals surface area contributed by atoms with Crippen LogP contribution in [0.25, 0.3) is 0 Å². The minimum atomic E-state index is -0.495. The molecule has 1 N–H and O–H groups in total. The Morgan fingerprint density at radius 3 is 2.83 bits per heavy atom. The fourth-order valence-electron chi connectivity index (χ4n) is 2.92. The molecule has 122 valence electrons. The van der Waals surface area contributed by atoms with E-state index < -0.39 is 4.92 Å². The lowest BCUT2D eigenvalue weighted by Gasteiger charge is -2.35. The summed E-state index contributed by atoms with van der Waals surface area (Å²) in [4.78, 5) is 29.4. The normalized spacial score (nSPS) is 18.2. The molecule has 9 nitrogen and oxygen atoms in total. The number of carbonyl (C=O) groups is 1. The average Bonchev–Trinajstić information content (AvgIpc) is 3.12. The Hall–Kier alpha value is -2.68. The summed E-state index contributed by atoms with van der Waals surface area (Å²) in [5.74, 6) is 0.460. The number of piperazine rings is 1. The summed E-state index contributed by atoms with van der Waals surface area (Å²) in [6.45, 7) is 1.80. The fraction of sp³-hybridized carbons (Fsp3) is 0.429. The molecule has 0 aliphatic carbocycles. The maximum Gasteiger partial charge on any atom is 0.323 e. The number of nitro groups is 1. The first-order valence-electron chi connectivity index (χ1n) is 7.29. The Morgan fingerprint density at radius 2 is 2.22 bits per heavy atom. The standard InChI is InChI=1S/C14H18N6O3/c1-17-7-6-16-13(17)11-9-15-5-8-19(11)14(21)10-3-4-12(18(10)2)20(22)23/h3-4,6-7,11,15H,5,8-9H2,1-2H3. The fourth-order valence-corrected chi connectivity index (χ4v) is 2.92. The van der Waals surface area contributed by atoms with Crippen molar-refractivity contribution < 1.29 is 9.72 Å². The molecule has 2 aromatic rings. The lowest BCUT2D eigenvalue weighted by molar-refractivity contribution is -0.391. The highest BCUT2D eigenvalue weighted by Crippen LogP contribution is 2.24. The molecule has 1 aliphatic heterocycles. The van der Waals surface area contributed by atoms with Crippen molar-refractivity contribution in [3.8, 4) is 0 Å². The summed E-state index contributed by atoms with van der Waals surface area (Å²) in [6.07, 6.45) is 3.53. The van der Waals surface area contributed by atoms with E-state index in [1.54, 1.807) is 11.1 Å². The van der Waals surface area contributed by atoms with Gasteiger partial charge in [0.05, 0.1) is 7.05 Å². The number of nitrogens with zero attached hydrogens (tertiary/aromatic N) is 5. The first-order chi connectivity index (χ1) is 11.0. The number of aromatic nitrogens is 3. The van der Waals surface area contributed by atoms with Crippen molar-refractivity contribution in [3.63, 3.8) is 0 Å². The minimum absolute atomic E-state index is 0.1000. The predicted molar refractivity (Wildman–Crippen MR) is 81.9 cm³/mol. The number of hydrogen-bond acceptors (Lipinski definition) is 5. The van der Waals surface area contributed by atoms with Crippen LogP contribution in [0.5, 0.6) is 0 Å². The van der Waals surface area contributed by atoms with Crippen molar-refractivity contribution >= 4 is 11.7 Å². The lowest BCUT2D eigenvalue weighted by Crippen LogP contribution is -2.49. The maximum atomic E-state index is 12.9. The van der Waals surface area contributed by atoms with Crippen molar-refractivity contribution in [1.29, 1.82) is 0 Å². The van der Waals surface area contributed by atoms with E-state index in [1.807, 2.05) is 17.8 Å². The Labute approximate surface area is 132 Å². The Kier molecular flexibility index (Phi) is 3.87. The minimum Gasteiger partial charge on any atom is -0.358 e. The third-order valence-electron chi connectivity index (χ3n) is 4.16. The highest BCUT2D eigenvalue weighted by molar-refractivity contribution is 5.93. The molecule has 1 unspecified atom stereocenters. The van der Waals surface area contributed by atoms with Crippen molar-refractivity contribution in [2.45, 2.75) is 6.04 Å². The molecule has 1 atom stereocenters. The molecule has 23 heavy (non-hydrogen) atoms. The van der Waals surface area contributed by atoms with Crippen molar-refractivity contribution in [1.82, 2.24) is 24.3 Å². The second-order valence-corrected chi connectivity index (χ2v) is 5.51. The van der Waals surface area contributed by atoms with E-state index in [0.717, 1.165) is 5.82 Å². The van der Waals surface area contributed by atoms with Crippen LogP contribution in [0.2, 0.25) is 0 Å². The first-order valence-corrected chi connectivity index (χ1v) is 7.29. The first kappa shape index (κ1) is 15.2. The van der Waals surface area contributed by atoms with Crippen molar-refractivity contribution in [2.24, 2.45) is 14.1 Å². The second-order valence-electron chi connectivity index (χ2n) is 5.51. The zero-order valence-electron chi connectivity index (χ0n) is 13.0. The van der Waals surface area contributed by atoms with Crippen molar-refractivity contribution in [2.75, 3.05) is 19.6 Å². The molecule has 3 rings (SSSR count). The number of imidazole rings is 1. The molecule has 1 amide bonds. The summed E-state index contributed by atoms with van der Waals surface area (Å²) in [7, 11) is 3.41. The van der Waals surface area contributed by atoms with Crippen LogP contribution < -0.4 is 5.32 Å². The summed E-state index contributed by atoms with van der Waals surface area (Å²) in [5, 5.41) is 14.2. The number of rotatable bonds is 3. The van der Waals surface area contributed by atoms with Crippen LogP contribution in [0.1, 0.15) is 22.4 Å². The molecule has 1 saturated heterocycles. The van der Waals surface area contributed by atoms with E-state index in [2.05, 4.69) is 10.3 Å². The van der Waals surface area contributed by atoms with Crippen LogP contribution in [-0.4, -0.2) is 49.5 Å². The maximum absolute atomic E-state index is 12.9. The third kappa shape index (κ3) is 2.59. The van der Waals surface area contributed by atoms with Crippen LogP contribution in [-0.2, 0) is 14.1 Å². The second kappa shape index (κ2) is 5.84. The predicted octanol–water partition coefficient (Wildman–Crippen LogP) is 0.454. The quantitative estimate of drug-likeness (QED) is 0.654. The van der Waals surface area contributed by atoms with E-state index in [-0.39, 0.29) is 17.8 Å². The number of nitrogens with one attached hydrogen (secondary N) is 1. The van der Waals surface area contributed by atoms with Gasteiger partial charge in [-0.15, -0.1) is 0 Å². The lowest BCUT2D eigenvalue weighted by atomic mass is 10.1. The van der Waals surface area contributed by atoms with Gasteiger partial charge in [-0.3, -0.25) is 4.79 Å².